The summed E-state index contributed by atoms with van der Waals surface area (Å²) in [4.78, 5) is 27.9. The van der Waals surface area contributed by atoms with Crippen LogP contribution >= 0.6 is 11.6 Å². The summed E-state index contributed by atoms with van der Waals surface area (Å²) in [6.45, 7) is 8.17. The predicted molar refractivity (Wildman–Crippen MR) is 132 cm³/mol. The summed E-state index contributed by atoms with van der Waals surface area (Å²) < 4.78 is 5.98. The van der Waals surface area contributed by atoms with Gasteiger partial charge in [0.25, 0.3) is 5.91 Å². The second-order valence-corrected chi connectivity index (χ2v) is 10.2. The number of benzene rings is 2. The van der Waals surface area contributed by atoms with E-state index >= 15 is 0 Å². The highest BCUT2D eigenvalue weighted by Gasteiger charge is 2.29. The van der Waals surface area contributed by atoms with Crippen LogP contribution < -0.4 is 10.1 Å². The molecule has 0 aromatic heterocycles. The van der Waals surface area contributed by atoms with E-state index in [-0.39, 0.29) is 36.4 Å². The molecular formula is C27H35ClN2O3. The van der Waals surface area contributed by atoms with Crippen molar-refractivity contribution in [2.75, 3.05) is 6.61 Å². The zero-order valence-electron chi connectivity index (χ0n) is 20.1. The summed E-state index contributed by atoms with van der Waals surface area (Å²) in [5.41, 5.74) is 1.70. The number of hydrogen-bond donors (Lipinski definition) is 1. The van der Waals surface area contributed by atoms with Gasteiger partial charge in [-0.1, -0.05) is 81.6 Å². The van der Waals surface area contributed by atoms with Crippen LogP contribution in [0.3, 0.4) is 0 Å². The van der Waals surface area contributed by atoms with E-state index in [1.54, 1.807) is 17.9 Å². The number of hydrogen-bond acceptors (Lipinski definition) is 3. The van der Waals surface area contributed by atoms with E-state index < -0.39 is 6.04 Å². The maximum atomic E-state index is 13.4. The van der Waals surface area contributed by atoms with Gasteiger partial charge in [-0.2, -0.15) is 0 Å². The number of amides is 2. The second-order valence-electron chi connectivity index (χ2n) is 9.81. The smallest absolute Gasteiger partial charge is 0.261 e. The Labute approximate surface area is 202 Å². The Morgan fingerprint density at radius 1 is 1.09 bits per heavy atom. The van der Waals surface area contributed by atoms with Crippen molar-refractivity contribution >= 4 is 23.4 Å². The van der Waals surface area contributed by atoms with Crippen molar-refractivity contribution in [2.24, 2.45) is 0 Å². The van der Waals surface area contributed by atoms with E-state index in [2.05, 4.69) is 26.1 Å². The van der Waals surface area contributed by atoms with Gasteiger partial charge in [0, 0.05) is 17.6 Å². The van der Waals surface area contributed by atoms with Crippen LogP contribution in [0.5, 0.6) is 5.75 Å². The first-order chi connectivity index (χ1) is 15.7. The van der Waals surface area contributed by atoms with Gasteiger partial charge in [-0.25, -0.2) is 0 Å². The van der Waals surface area contributed by atoms with Crippen LogP contribution in [0.25, 0.3) is 0 Å². The van der Waals surface area contributed by atoms with Crippen LogP contribution in [0, 0.1) is 0 Å². The highest BCUT2D eigenvalue weighted by Crippen LogP contribution is 2.31. The Morgan fingerprint density at radius 2 is 1.73 bits per heavy atom. The molecule has 0 aliphatic heterocycles. The van der Waals surface area contributed by atoms with Gasteiger partial charge in [0.2, 0.25) is 5.91 Å². The number of carbonyl (C=O) groups is 2. The number of nitrogens with one attached hydrogen (secondary N) is 1. The number of carbonyl (C=O) groups excluding carboxylic acids is 2. The Kier molecular flexibility index (Phi) is 8.41. The highest BCUT2D eigenvalue weighted by molar-refractivity contribution is 6.31. The fourth-order valence-corrected chi connectivity index (χ4v) is 4.41. The van der Waals surface area contributed by atoms with Crippen molar-refractivity contribution in [2.45, 2.75) is 77.4 Å². The van der Waals surface area contributed by atoms with Gasteiger partial charge in [0.05, 0.1) is 0 Å². The van der Waals surface area contributed by atoms with E-state index in [1.807, 2.05) is 42.5 Å². The lowest BCUT2D eigenvalue weighted by molar-refractivity contribution is -0.142. The average molecular weight is 471 g/mol. The van der Waals surface area contributed by atoms with Crippen LogP contribution in [-0.4, -0.2) is 35.4 Å². The molecule has 33 heavy (non-hydrogen) atoms. The van der Waals surface area contributed by atoms with Crippen LogP contribution in [0.1, 0.15) is 64.5 Å². The molecule has 5 nitrogen and oxygen atoms in total. The maximum absolute atomic E-state index is 13.4. The molecule has 0 radical (unpaired) electrons. The van der Waals surface area contributed by atoms with Crippen LogP contribution in [0.4, 0.5) is 0 Å². The Morgan fingerprint density at radius 3 is 2.39 bits per heavy atom. The van der Waals surface area contributed by atoms with E-state index in [4.69, 9.17) is 16.3 Å². The number of para-hydroxylation sites is 1. The van der Waals surface area contributed by atoms with Gasteiger partial charge in [-0.15, -0.1) is 0 Å². The minimum absolute atomic E-state index is 0.120. The molecule has 1 N–H and O–H groups in total. The molecule has 2 amide bonds. The third kappa shape index (κ3) is 6.73. The van der Waals surface area contributed by atoms with Gasteiger partial charge >= 0.3 is 0 Å². The molecule has 0 saturated heterocycles. The first-order valence-electron chi connectivity index (χ1n) is 11.7. The molecule has 2 aromatic rings. The van der Waals surface area contributed by atoms with Gasteiger partial charge in [-0.3, -0.25) is 9.59 Å². The standard InChI is InChI=1S/C27H35ClN2O3/c1-19(26(32)29-21-12-6-7-13-21)30(17-20-11-5-9-15-23(20)28)25(31)18-33-24-16-10-8-14-22(24)27(2,3)4/h5,8-11,14-16,19,21H,6-7,12-13,17-18H2,1-4H3,(H,29,32). The topological polar surface area (TPSA) is 58.6 Å². The minimum Gasteiger partial charge on any atom is -0.483 e. The van der Waals surface area contributed by atoms with Gasteiger partial charge in [-0.05, 0) is 48.4 Å². The first kappa shape index (κ1) is 25.1. The predicted octanol–water partition coefficient (Wildman–Crippen LogP) is 5.49. The molecule has 1 saturated carbocycles. The Hall–Kier alpha value is -2.53. The largest absolute Gasteiger partial charge is 0.483 e. The molecule has 1 unspecified atom stereocenters. The van der Waals surface area contributed by atoms with Crippen molar-refractivity contribution in [1.82, 2.24) is 10.2 Å². The summed E-state index contributed by atoms with van der Waals surface area (Å²) in [5, 5.41) is 3.68. The molecule has 0 bridgehead atoms. The lowest BCUT2D eigenvalue weighted by Crippen LogP contribution is -2.50. The van der Waals surface area contributed by atoms with Gasteiger partial charge < -0.3 is 15.0 Å². The van der Waals surface area contributed by atoms with Crippen molar-refractivity contribution < 1.29 is 14.3 Å². The van der Waals surface area contributed by atoms with Crippen LogP contribution in [-0.2, 0) is 21.5 Å². The van der Waals surface area contributed by atoms with Crippen LogP contribution in [0.2, 0.25) is 5.02 Å². The molecule has 1 aliphatic rings. The second kappa shape index (κ2) is 11.1. The molecule has 1 fully saturated rings. The van der Waals surface area contributed by atoms with Gasteiger partial charge in [0.15, 0.2) is 6.61 Å². The van der Waals surface area contributed by atoms with E-state index in [0.29, 0.717) is 10.8 Å². The summed E-state index contributed by atoms with van der Waals surface area (Å²) >= 11 is 6.37. The summed E-state index contributed by atoms with van der Waals surface area (Å²) in [7, 11) is 0. The molecule has 178 valence electrons. The van der Waals surface area contributed by atoms with E-state index in [0.717, 1.165) is 36.8 Å². The minimum atomic E-state index is -0.643. The molecule has 6 heteroatoms. The van der Waals surface area contributed by atoms with Crippen molar-refractivity contribution in [3.05, 3.63) is 64.7 Å². The normalized spacial score (nSPS) is 15.2. The Bertz CT molecular complexity index is 964. The zero-order chi connectivity index (χ0) is 24.0. The average Bonchev–Trinajstić information content (AvgIpc) is 3.29. The zero-order valence-corrected chi connectivity index (χ0v) is 20.8. The molecule has 0 spiro atoms. The lowest BCUT2D eigenvalue weighted by atomic mass is 9.86. The lowest BCUT2D eigenvalue weighted by Gasteiger charge is -2.30. The first-order valence-corrected chi connectivity index (χ1v) is 12.1. The quantitative estimate of drug-likeness (QED) is 0.554. The number of ether oxygens (including phenoxy) is 1. The highest BCUT2D eigenvalue weighted by atomic mass is 35.5. The van der Waals surface area contributed by atoms with Crippen molar-refractivity contribution in [1.29, 1.82) is 0 Å². The molecule has 0 heterocycles. The fourth-order valence-electron chi connectivity index (χ4n) is 4.22. The molecule has 3 rings (SSSR count). The third-order valence-electron chi connectivity index (χ3n) is 6.21. The molecular weight excluding hydrogens is 436 g/mol. The summed E-state index contributed by atoms with van der Waals surface area (Å²) in [6, 6.07) is 14.7. The fraction of sp³-hybridized carbons (Fsp3) is 0.481. The van der Waals surface area contributed by atoms with Crippen LogP contribution in [0.15, 0.2) is 48.5 Å². The van der Waals surface area contributed by atoms with Crippen molar-refractivity contribution in [3.8, 4) is 5.75 Å². The molecule has 2 aromatic carbocycles. The van der Waals surface area contributed by atoms with E-state index in [9.17, 15) is 9.59 Å². The monoisotopic (exact) mass is 470 g/mol. The Balaban J connectivity index is 1.77. The molecule has 1 atom stereocenters. The maximum Gasteiger partial charge on any atom is 0.261 e. The summed E-state index contributed by atoms with van der Waals surface area (Å²) in [6.07, 6.45) is 4.23. The number of halogens is 1. The number of rotatable bonds is 8. The van der Waals surface area contributed by atoms with E-state index in [1.165, 1.54) is 0 Å². The summed E-state index contributed by atoms with van der Waals surface area (Å²) in [5.74, 6) is 0.282. The molecule has 1 aliphatic carbocycles. The van der Waals surface area contributed by atoms with Crippen molar-refractivity contribution in [3.63, 3.8) is 0 Å². The number of nitrogens with zero attached hydrogens (tertiary/aromatic N) is 1. The third-order valence-corrected chi connectivity index (χ3v) is 6.58. The van der Waals surface area contributed by atoms with Gasteiger partial charge in [0.1, 0.15) is 11.8 Å². The SMILES string of the molecule is CC(C(=O)NC1CCCC1)N(Cc1ccccc1Cl)C(=O)COc1ccccc1C(C)(C)C.